The van der Waals surface area contributed by atoms with Crippen LogP contribution >= 0.6 is 12.2 Å². The molecule has 2 unspecified atom stereocenters. The number of thiocarbonyl (C=S) groups is 1. The zero-order valence-corrected chi connectivity index (χ0v) is 17.0. The van der Waals surface area contributed by atoms with Crippen molar-refractivity contribution in [2.24, 2.45) is 0 Å². The molecule has 2 atom stereocenters. The predicted octanol–water partition coefficient (Wildman–Crippen LogP) is 4.08. The number of aromatic nitrogens is 1. The standard InChI is InChI=1S/C23H26N2O2S/c1-24-20(28)23(18-10-7-15-25-16-18)12-6-5-11-19(23)27-21(26)22(13-14-22)17-8-3-2-4-9-17/h2-4,7-10,15-16,19H,5-6,11-14H2,1H3,(H,24,28). The lowest BCUT2D eigenvalue weighted by Crippen LogP contribution is -2.54. The maximum absolute atomic E-state index is 13.3. The summed E-state index contributed by atoms with van der Waals surface area (Å²) < 4.78 is 6.27. The van der Waals surface area contributed by atoms with Gasteiger partial charge in [-0.25, -0.2) is 0 Å². The van der Waals surface area contributed by atoms with Crippen LogP contribution in [-0.2, 0) is 20.4 Å². The highest BCUT2D eigenvalue weighted by atomic mass is 32.1. The van der Waals surface area contributed by atoms with Crippen LogP contribution < -0.4 is 5.32 Å². The molecule has 0 saturated heterocycles. The first-order chi connectivity index (χ1) is 13.6. The monoisotopic (exact) mass is 394 g/mol. The van der Waals surface area contributed by atoms with Gasteiger partial charge in [0.15, 0.2) is 0 Å². The molecule has 4 rings (SSSR count). The van der Waals surface area contributed by atoms with Gasteiger partial charge in [0, 0.05) is 19.4 Å². The third-order valence-corrected chi connectivity index (χ3v) is 6.93. The average Bonchev–Trinajstić information content (AvgIpc) is 3.57. The molecule has 1 aromatic heterocycles. The fraction of sp³-hybridized carbons (Fsp3) is 0.435. The second kappa shape index (κ2) is 7.63. The quantitative estimate of drug-likeness (QED) is 0.612. The molecule has 1 N–H and O–H groups in total. The Balaban J connectivity index is 1.67. The fourth-order valence-corrected chi connectivity index (χ4v) is 4.96. The summed E-state index contributed by atoms with van der Waals surface area (Å²) in [7, 11) is 1.85. The number of hydrogen-bond donors (Lipinski definition) is 1. The topological polar surface area (TPSA) is 51.2 Å². The number of esters is 1. The molecule has 0 amide bonds. The fourth-order valence-electron chi connectivity index (χ4n) is 4.61. The average molecular weight is 395 g/mol. The molecule has 0 spiro atoms. The smallest absolute Gasteiger partial charge is 0.316 e. The molecule has 2 aliphatic rings. The maximum atomic E-state index is 13.3. The Hall–Kier alpha value is -2.27. The van der Waals surface area contributed by atoms with Crippen LogP contribution in [0.2, 0.25) is 0 Å². The third kappa shape index (κ3) is 3.12. The number of carbonyl (C=O) groups excluding carboxylic acids is 1. The minimum absolute atomic E-state index is 0.113. The van der Waals surface area contributed by atoms with Crippen LogP contribution in [0.5, 0.6) is 0 Å². The van der Waals surface area contributed by atoms with Gasteiger partial charge in [-0.3, -0.25) is 9.78 Å². The van der Waals surface area contributed by atoms with Crippen molar-refractivity contribution < 1.29 is 9.53 Å². The number of likely N-dealkylation sites (N-methyl/N-ethyl adjacent to an activating group) is 1. The molecule has 2 saturated carbocycles. The van der Waals surface area contributed by atoms with Crippen molar-refractivity contribution in [2.75, 3.05) is 7.05 Å². The van der Waals surface area contributed by atoms with Crippen LogP contribution in [-0.4, -0.2) is 29.1 Å². The lowest BCUT2D eigenvalue weighted by atomic mass is 9.67. The van der Waals surface area contributed by atoms with E-state index in [2.05, 4.69) is 10.3 Å². The van der Waals surface area contributed by atoms with Gasteiger partial charge < -0.3 is 10.1 Å². The second-order valence-corrected chi connectivity index (χ2v) is 8.29. The zero-order valence-electron chi connectivity index (χ0n) is 16.2. The number of nitrogens with zero attached hydrogens (tertiary/aromatic N) is 1. The van der Waals surface area contributed by atoms with Crippen molar-refractivity contribution >= 4 is 23.2 Å². The van der Waals surface area contributed by atoms with Crippen molar-refractivity contribution in [1.29, 1.82) is 0 Å². The number of rotatable bonds is 5. The van der Waals surface area contributed by atoms with Gasteiger partial charge in [0.1, 0.15) is 6.10 Å². The molecule has 2 aromatic rings. The van der Waals surface area contributed by atoms with E-state index in [1.807, 2.05) is 55.7 Å². The molecule has 28 heavy (non-hydrogen) atoms. The normalized spacial score (nSPS) is 25.5. The van der Waals surface area contributed by atoms with Gasteiger partial charge >= 0.3 is 5.97 Å². The largest absolute Gasteiger partial charge is 0.460 e. The number of pyridine rings is 1. The number of benzene rings is 1. The molecule has 2 fully saturated rings. The minimum Gasteiger partial charge on any atom is -0.460 e. The molecule has 0 aliphatic heterocycles. The van der Waals surface area contributed by atoms with Gasteiger partial charge in [-0.1, -0.05) is 55.0 Å². The summed E-state index contributed by atoms with van der Waals surface area (Å²) in [5, 5.41) is 3.18. The van der Waals surface area contributed by atoms with E-state index in [0.29, 0.717) is 0 Å². The molecule has 4 nitrogen and oxygen atoms in total. The van der Waals surface area contributed by atoms with Crippen molar-refractivity contribution in [3.05, 3.63) is 66.0 Å². The van der Waals surface area contributed by atoms with Crippen LogP contribution in [0.25, 0.3) is 0 Å². The summed E-state index contributed by atoms with van der Waals surface area (Å²) in [4.78, 5) is 18.4. The van der Waals surface area contributed by atoms with Crippen molar-refractivity contribution in [3.8, 4) is 0 Å². The lowest BCUT2D eigenvalue weighted by molar-refractivity contribution is -0.156. The first-order valence-corrected chi connectivity index (χ1v) is 10.4. The summed E-state index contributed by atoms with van der Waals surface area (Å²) in [6, 6.07) is 14.0. The zero-order chi connectivity index (χ0) is 19.6. The first kappa shape index (κ1) is 19.1. The summed E-state index contributed by atoms with van der Waals surface area (Å²) in [6.07, 6.45) is 8.79. The molecular weight excluding hydrogens is 368 g/mol. The number of hydrogen-bond acceptors (Lipinski definition) is 4. The van der Waals surface area contributed by atoms with Gasteiger partial charge in [-0.15, -0.1) is 0 Å². The van der Waals surface area contributed by atoms with Crippen molar-refractivity contribution in [1.82, 2.24) is 10.3 Å². The molecular formula is C23H26N2O2S. The second-order valence-electron chi connectivity index (χ2n) is 7.88. The Labute approximate surface area is 171 Å². The first-order valence-electron chi connectivity index (χ1n) is 10.0. The van der Waals surface area contributed by atoms with E-state index in [4.69, 9.17) is 17.0 Å². The summed E-state index contributed by atoms with van der Waals surface area (Å²) in [5.41, 5.74) is 1.08. The van der Waals surface area contributed by atoms with Gasteiger partial charge in [0.2, 0.25) is 0 Å². The van der Waals surface area contributed by atoms with Crippen LogP contribution in [0.4, 0.5) is 0 Å². The van der Waals surface area contributed by atoms with Crippen LogP contribution in [0.15, 0.2) is 54.9 Å². The van der Waals surface area contributed by atoms with Crippen LogP contribution in [0.3, 0.4) is 0 Å². The lowest BCUT2D eigenvalue weighted by Gasteiger charge is -2.44. The van der Waals surface area contributed by atoms with Crippen molar-refractivity contribution in [3.63, 3.8) is 0 Å². The van der Waals surface area contributed by atoms with Gasteiger partial charge in [-0.05, 0) is 49.3 Å². The Kier molecular flexibility index (Phi) is 5.19. The molecule has 2 aliphatic carbocycles. The highest BCUT2D eigenvalue weighted by Gasteiger charge is 2.56. The molecule has 146 valence electrons. The molecule has 0 bridgehead atoms. The van der Waals surface area contributed by atoms with E-state index >= 15 is 0 Å². The third-order valence-electron chi connectivity index (χ3n) is 6.36. The van der Waals surface area contributed by atoms with Gasteiger partial charge in [0.05, 0.1) is 15.8 Å². The van der Waals surface area contributed by atoms with E-state index < -0.39 is 10.8 Å². The van der Waals surface area contributed by atoms with E-state index in [1.54, 1.807) is 6.20 Å². The number of ether oxygens (including phenoxy) is 1. The Morgan fingerprint density at radius 3 is 2.50 bits per heavy atom. The predicted molar refractivity (Wildman–Crippen MR) is 113 cm³/mol. The Bertz CT molecular complexity index is 851. The summed E-state index contributed by atoms with van der Waals surface area (Å²) in [5.74, 6) is -0.113. The Morgan fingerprint density at radius 2 is 1.86 bits per heavy atom. The highest BCUT2D eigenvalue weighted by molar-refractivity contribution is 7.80. The number of carbonyl (C=O) groups is 1. The highest BCUT2D eigenvalue weighted by Crippen LogP contribution is 2.51. The molecule has 5 heteroatoms. The molecule has 1 aromatic carbocycles. The van der Waals surface area contributed by atoms with E-state index in [9.17, 15) is 4.79 Å². The number of nitrogens with one attached hydrogen (secondary N) is 1. The molecule has 1 heterocycles. The SMILES string of the molecule is CNC(=S)C1(c2cccnc2)CCCCC1OC(=O)C1(c2ccccc2)CC1. The van der Waals surface area contributed by atoms with Crippen LogP contribution in [0, 0.1) is 0 Å². The summed E-state index contributed by atoms with van der Waals surface area (Å²) in [6.45, 7) is 0. The maximum Gasteiger partial charge on any atom is 0.316 e. The summed E-state index contributed by atoms with van der Waals surface area (Å²) >= 11 is 5.77. The Morgan fingerprint density at radius 1 is 1.11 bits per heavy atom. The van der Waals surface area contributed by atoms with Crippen molar-refractivity contribution in [2.45, 2.75) is 55.5 Å². The van der Waals surface area contributed by atoms with Gasteiger partial charge in [0.25, 0.3) is 0 Å². The van der Waals surface area contributed by atoms with Gasteiger partial charge in [-0.2, -0.15) is 0 Å². The molecule has 0 radical (unpaired) electrons. The van der Waals surface area contributed by atoms with E-state index in [0.717, 1.165) is 54.6 Å². The minimum atomic E-state index is -0.515. The van der Waals surface area contributed by atoms with E-state index in [1.165, 1.54) is 0 Å². The van der Waals surface area contributed by atoms with Crippen LogP contribution in [0.1, 0.15) is 49.7 Å². The van der Waals surface area contributed by atoms with E-state index in [-0.39, 0.29) is 12.1 Å².